The second-order valence-electron chi connectivity index (χ2n) is 6.15. The van der Waals surface area contributed by atoms with E-state index in [4.69, 9.17) is 0 Å². The van der Waals surface area contributed by atoms with Gasteiger partial charge in [-0.25, -0.2) is 9.37 Å². The molecule has 0 fully saturated rings. The number of benzene rings is 1. The molecule has 2 aromatic rings. The first-order valence-electron chi connectivity index (χ1n) is 7.86. The summed E-state index contributed by atoms with van der Waals surface area (Å²) in [7, 11) is 0. The number of carbonyl (C=O) groups is 1. The van der Waals surface area contributed by atoms with Gasteiger partial charge in [-0.05, 0) is 13.0 Å². The largest absolute Gasteiger partial charge is 0.417 e. The fourth-order valence-electron chi connectivity index (χ4n) is 2.30. The maximum atomic E-state index is 14.9. The molecule has 146 valence electrons. The normalized spacial score (nSPS) is 11.7. The first kappa shape index (κ1) is 20.5. The van der Waals surface area contributed by atoms with Crippen LogP contribution in [0, 0.1) is 24.5 Å². The minimum Gasteiger partial charge on any atom is -0.352 e. The van der Waals surface area contributed by atoms with Crippen molar-refractivity contribution >= 4 is 5.91 Å². The molecule has 0 saturated heterocycles. The van der Waals surface area contributed by atoms with Crippen LogP contribution in [0.5, 0.6) is 0 Å². The SMILES string of the molecule is Cc1nc(-c2c(C(F)(F)F)ccc(CNC(=O)C(C)C)c2F)[nH]c(=O)c1F. The molecule has 1 aromatic carbocycles. The third-order valence-corrected chi connectivity index (χ3v) is 3.77. The number of aryl methyl sites for hydroxylation is 1. The third-order valence-electron chi connectivity index (χ3n) is 3.77. The van der Waals surface area contributed by atoms with Crippen molar-refractivity contribution in [3.05, 3.63) is 50.9 Å². The van der Waals surface area contributed by atoms with E-state index in [1.165, 1.54) is 0 Å². The Morgan fingerprint density at radius 1 is 1.22 bits per heavy atom. The quantitative estimate of drug-likeness (QED) is 0.788. The molecule has 0 aliphatic carbocycles. The maximum absolute atomic E-state index is 14.9. The molecule has 0 spiro atoms. The number of alkyl halides is 3. The first-order valence-corrected chi connectivity index (χ1v) is 7.86. The molecule has 1 aromatic heterocycles. The van der Waals surface area contributed by atoms with Crippen LogP contribution >= 0.6 is 0 Å². The summed E-state index contributed by atoms with van der Waals surface area (Å²) in [5.41, 5.74) is -4.42. The van der Waals surface area contributed by atoms with Crippen LogP contribution in [0.25, 0.3) is 11.4 Å². The summed E-state index contributed by atoms with van der Waals surface area (Å²) in [5, 5.41) is 2.40. The van der Waals surface area contributed by atoms with Crippen molar-refractivity contribution in [2.24, 2.45) is 5.92 Å². The highest BCUT2D eigenvalue weighted by atomic mass is 19.4. The van der Waals surface area contributed by atoms with E-state index in [0.717, 1.165) is 13.0 Å². The van der Waals surface area contributed by atoms with E-state index in [1.807, 2.05) is 4.98 Å². The molecule has 0 radical (unpaired) electrons. The van der Waals surface area contributed by atoms with Crippen molar-refractivity contribution in [1.29, 1.82) is 0 Å². The first-order chi connectivity index (χ1) is 12.4. The molecule has 0 unspecified atom stereocenters. The van der Waals surface area contributed by atoms with Gasteiger partial charge in [0.15, 0.2) is 0 Å². The van der Waals surface area contributed by atoms with E-state index in [9.17, 15) is 31.5 Å². The lowest BCUT2D eigenvalue weighted by Crippen LogP contribution is -2.27. The predicted molar refractivity (Wildman–Crippen MR) is 86.6 cm³/mol. The predicted octanol–water partition coefficient (Wildman–Crippen LogP) is 3.31. The van der Waals surface area contributed by atoms with Gasteiger partial charge in [-0.3, -0.25) is 9.59 Å². The molecule has 0 bridgehead atoms. The Labute approximate surface area is 150 Å². The van der Waals surface area contributed by atoms with Gasteiger partial charge in [0.05, 0.1) is 16.8 Å². The summed E-state index contributed by atoms with van der Waals surface area (Å²) in [6.07, 6.45) is -4.95. The standard InChI is InChI=1S/C17H16F5N3O2/c1-7(2)15(26)23-6-9-4-5-10(17(20,21)22)11(13(9)19)14-24-8(3)12(18)16(27)25-14/h4-5,7H,6H2,1-3H3,(H,23,26)(H,24,25,27). The van der Waals surface area contributed by atoms with Gasteiger partial charge in [-0.15, -0.1) is 0 Å². The number of carbonyl (C=O) groups excluding carboxylic acids is 1. The van der Waals surface area contributed by atoms with E-state index in [1.54, 1.807) is 13.8 Å². The molecule has 5 nitrogen and oxygen atoms in total. The highest BCUT2D eigenvalue weighted by molar-refractivity contribution is 5.77. The summed E-state index contributed by atoms with van der Waals surface area (Å²) < 4.78 is 68.3. The van der Waals surface area contributed by atoms with Gasteiger partial charge in [0, 0.05) is 18.0 Å². The Hall–Kier alpha value is -2.78. The number of amides is 1. The minimum absolute atomic E-state index is 0.239. The Morgan fingerprint density at radius 3 is 2.37 bits per heavy atom. The van der Waals surface area contributed by atoms with Crippen molar-refractivity contribution in [2.45, 2.75) is 33.5 Å². The molecule has 0 aliphatic rings. The van der Waals surface area contributed by atoms with E-state index in [0.29, 0.717) is 6.07 Å². The monoisotopic (exact) mass is 389 g/mol. The van der Waals surface area contributed by atoms with Crippen molar-refractivity contribution in [3.8, 4) is 11.4 Å². The van der Waals surface area contributed by atoms with Crippen molar-refractivity contribution < 1.29 is 26.7 Å². The van der Waals surface area contributed by atoms with Crippen LogP contribution in [0.4, 0.5) is 22.0 Å². The molecular formula is C17H16F5N3O2. The number of hydrogen-bond donors (Lipinski definition) is 2. The van der Waals surface area contributed by atoms with Gasteiger partial charge in [0.1, 0.15) is 11.6 Å². The lowest BCUT2D eigenvalue weighted by Gasteiger charge is -2.16. The fourth-order valence-corrected chi connectivity index (χ4v) is 2.30. The zero-order valence-corrected chi connectivity index (χ0v) is 14.6. The van der Waals surface area contributed by atoms with Crippen molar-refractivity contribution in [3.63, 3.8) is 0 Å². The summed E-state index contributed by atoms with van der Waals surface area (Å²) >= 11 is 0. The van der Waals surface area contributed by atoms with Gasteiger partial charge in [-0.1, -0.05) is 19.9 Å². The molecule has 27 heavy (non-hydrogen) atoms. The molecule has 10 heteroatoms. The highest BCUT2D eigenvalue weighted by Crippen LogP contribution is 2.38. The fraction of sp³-hybridized carbons (Fsp3) is 0.353. The number of nitrogens with one attached hydrogen (secondary N) is 2. The molecular weight excluding hydrogens is 373 g/mol. The minimum atomic E-state index is -4.95. The van der Waals surface area contributed by atoms with Gasteiger partial charge in [-0.2, -0.15) is 17.6 Å². The summed E-state index contributed by atoms with van der Waals surface area (Å²) in [5.74, 6) is -4.16. The number of aromatic amines is 1. The maximum Gasteiger partial charge on any atom is 0.417 e. The van der Waals surface area contributed by atoms with Gasteiger partial charge in [0.2, 0.25) is 11.7 Å². The van der Waals surface area contributed by atoms with E-state index >= 15 is 0 Å². The zero-order valence-electron chi connectivity index (χ0n) is 14.6. The van der Waals surface area contributed by atoms with E-state index < -0.39 is 57.8 Å². The third kappa shape index (κ3) is 4.32. The molecule has 0 aliphatic heterocycles. The van der Waals surface area contributed by atoms with Crippen LogP contribution in [0.2, 0.25) is 0 Å². The lowest BCUT2D eigenvalue weighted by atomic mass is 10.0. The van der Waals surface area contributed by atoms with Crippen LogP contribution in [0.1, 0.15) is 30.7 Å². The average molecular weight is 389 g/mol. The number of rotatable bonds is 4. The second kappa shape index (κ2) is 7.45. The zero-order chi connectivity index (χ0) is 20.5. The Bertz CT molecular complexity index is 935. The Balaban J connectivity index is 2.64. The Kier molecular flexibility index (Phi) is 5.67. The highest BCUT2D eigenvalue weighted by Gasteiger charge is 2.37. The van der Waals surface area contributed by atoms with Gasteiger partial charge >= 0.3 is 6.18 Å². The van der Waals surface area contributed by atoms with Crippen LogP contribution in [0.3, 0.4) is 0 Å². The van der Waals surface area contributed by atoms with Crippen LogP contribution in [0.15, 0.2) is 16.9 Å². The average Bonchev–Trinajstić information content (AvgIpc) is 2.56. The van der Waals surface area contributed by atoms with E-state index in [2.05, 4.69) is 10.3 Å². The summed E-state index contributed by atoms with van der Waals surface area (Å²) in [6.45, 7) is 3.91. The number of nitrogens with zero attached hydrogens (tertiary/aromatic N) is 1. The second-order valence-corrected chi connectivity index (χ2v) is 6.15. The Morgan fingerprint density at radius 2 is 1.85 bits per heavy atom. The number of halogens is 5. The lowest BCUT2D eigenvalue weighted by molar-refractivity contribution is -0.137. The van der Waals surface area contributed by atoms with Crippen molar-refractivity contribution in [2.75, 3.05) is 0 Å². The molecule has 1 heterocycles. The smallest absolute Gasteiger partial charge is 0.352 e. The molecule has 2 N–H and O–H groups in total. The van der Waals surface area contributed by atoms with E-state index in [-0.39, 0.29) is 12.1 Å². The molecule has 1 amide bonds. The molecule has 2 rings (SSSR count). The van der Waals surface area contributed by atoms with Gasteiger partial charge < -0.3 is 10.3 Å². The number of aromatic nitrogens is 2. The number of H-pyrrole nitrogens is 1. The summed E-state index contributed by atoms with van der Waals surface area (Å²) in [6, 6.07) is 1.50. The molecule has 0 atom stereocenters. The topological polar surface area (TPSA) is 74.8 Å². The van der Waals surface area contributed by atoms with Gasteiger partial charge in [0.25, 0.3) is 5.56 Å². The van der Waals surface area contributed by atoms with Crippen LogP contribution in [-0.4, -0.2) is 15.9 Å². The van der Waals surface area contributed by atoms with Crippen LogP contribution in [-0.2, 0) is 17.5 Å². The van der Waals surface area contributed by atoms with Crippen molar-refractivity contribution in [1.82, 2.24) is 15.3 Å². The number of hydrogen-bond acceptors (Lipinski definition) is 3. The van der Waals surface area contributed by atoms with Crippen LogP contribution < -0.4 is 10.9 Å². The summed E-state index contributed by atoms with van der Waals surface area (Å²) in [4.78, 5) is 28.5. The molecule has 0 saturated carbocycles.